The highest BCUT2D eigenvalue weighted by molar-refractivity contribution is 5.89. The van der Waals surface area contributed by atoms with Crippen molar-refractivity contribution in [2.45, 2.75) is 6.54 Å². The topological polar surface area (TPSA) is 54.5 Å². The fourth-order valence-electron chi connectivity index (χ4n) is 1.87. The molecule has 5 heteroatoms. The van der Waals surface area contributed by atoms with Gasteiger partial charge < -0.3 is 15.0 Å². The van der Waals surface area contributed by atoms with Gasteiger partial charge in [-0.2, -0.15) is 0 Å². The Labute approximate surface area is 124 Å². The lowest BCUT2D eigenvalue weighted by Gasteiger charge is -2.22. The molecule has 0 radical (unpaired) electrons. The van der Waals surface area contributed by atoms with Crippen LogP contribution in [-0.4, -0.2) is 36.2 Å². The monoisotopic (exact) mass is 285 g/mol. The molecule has 1 N–H and O–H groups in total. The van der Waals surface area contributed by atoms with E-state index in [1.165, 1.54) is 0 Å². The van der Waals surface area contributed by atoms with E-state index in [2.05, 4.69) is 10.3 Å². The first kappa shape index (κ1) is 15.0. The van der Waals surface area contributed by atoms with Crippen LogP contribution in [0.15, 0.2) is 54.7 Å². The zero-order valence-electron chi connectivity index (χ0n) is 12.0. The number of methoxy groups -OCH3 is 1. The number of hydrogen-bond donors (Lipinski definition) is 1. The first-order chi connectivity index (χ1) is 10.3. The van der Waals surface area contributed by atoms with Gasteiger partial charge >= 0.3 is 6.03 Å². The molecule has 0 fully saturated rings. The van der Waals surface area contributed by atoms with E-state index in [1.54, 1.807) is 18.2 Å². The van der Waals surface area contributed by atoms with Crippen LogP contribution < -0.4 is 5.32 Å². The molecular formula is C16H19N3O2. The van der Waals surface area contributed by atoms with Crippen molar-refractivity contribution in [2.24, 2.45) is 0 Å². The summed E-state index contributed by atoms with van der Waals surface area (Å²) in [5.41, 5.74) is 1.61. The average Bonchev–Trinajstić information content (AvgIpc) is 2.53. The molecule has 5 nitrogen and oxygen atoms in total. The third kappa shape index (κ3) is 4.89. The summed E-state index contributed by atoms with van der Waals surface area (Å²) in [6, 6.07) is 14.9. The summed E-state index contributed by atoms with van der Waals surface area (Å²) in [7, 11) is 1.62. The van der Waals surface area contributed by atoms with Gasteiger partial charge in [-0.05, 0) is 24.3 Å². The van der Waals surface area contributed by atoms with Crippen molar-refractivity contribution in [1.82, 2.24) is 9.88 Å². The van der Waals surface area contributed by atoms with Crippen LogP contribution in [0.1, 0.15) is 5.69 Å². The van der Waals surface area contributed by atoms with Gasteiger partial charge in [0.05, 0.1) is 18.8 Å². The van der Waals surface area contributed by atoms with Crippen molar-refractivity contribution in [3.8, 4) is 0 Å². The Morgan fingerprint density at radius 1 is 1.19 bits per heavy atom. The molecule has 2 aromatic rings. The van der Waals surface area contributed by atoms with Crippen molar-refractivity contribution >= 4 is 11.7 Å². The highest BCUT2D eigenvalue weighted by Gasteiger charge is 2.14. The number of amides is 2. The number of aromatic nitrogens is 1. The minimum absolute atomic E-state index is 0.163. The zero-order valence-corrected chi connectivity index (χ0v) is 12.0. The van der Waals surface area contributed by atoms with E-state index in [0.717, 1.165) is 11.4 Å². The zero-order chi connectivity index (χ0) is 14.9. The second kappa shape index (κ2) is 8.01. The molecule has 0 bridgehead atoms. The molecule has 21 heavy (non-hydrogen) atoms. The number of carbonyl (C=O) groups excluding carboxylic acids is 1. The van der Waals surface area contributed by atoms with Crippen LogP contribution in [0.5, 0.6) is 0 Å². The van der Waals surface area contributed by atoms with Gasteiger partial charge in [-0.1, -0.05) is 24.3 Å². The fraction of sp³-hybridized carbons (Fsp3) is 0.250. The molecule has 0 saturated carbocycles. The van der Waals surface area contributed by atoms with Crippen LogP contribution in [0.3, 0.4) is 0 Å². The highest BCUT2D eigenvalue weighted by Crippen LogP contribution is 2.08. The quantitative estimate of drug-likeness (QED) is 0.888. The Balaban J connectivity index is 2.02. The second-order valence-electron chi connectivity index (χ2n) is 4.53. The Hall–Kier alpha value is -2.40. The molecule has 0 saturated heterocycles. The van der Waals surface area contributed by atoms with Gasteiger partial charge in [0.25, 0.3) is 0 Å². The van der Waals surface area contributed by atoms with Crippen LogP contribution in [0.4, 0.5) is 10.5 Å². The van der Waals surface area contributed by atoms with E-state index >= 15 is 0 Å². The van der Waals surface area contributed by atoms with Crippen LogP contribution in [0, 0.1) is 0 Å². The largest absolute Gasteiger partial charge is 0.383 e. The van der Waals surface area contributed by atoms with Gasteiger partial charge in [-0.25, -0.2) is 4.79 Å². The molecule has 0 atom stereocenters. The molecule has 110 valence electrons. The molecule has 0 aliphatic heterocycles. The van der Waals surface area contributed by atoms with Gasteiger partial charge in [-0.3, -0.25) is 4.98 Å². The molecule has 1 aromatic carbocycles. The van der Waals surface area contributed by atoms with Crippen LogP contribution in [0.2, 0.25) is 0 Å². The summed E-state index contributed by atoms with van der Waals surface area (Å²) in [5.74, 6) is 0. The second-order valence-corrected chi connectivity index (χ2v) is 4.53. The lowest BCUT2D eigenvalue weighted by atomic mass is 10.3. The molecule has 2 amide bonds. The predicted molar refractivity (Wildman–Crippen MR) is 82.0 cm³/mol. The van der Waals surface area contributed by atoms with Crippen molar-refractivity contribution in [3.05, 3.63) is 60.4 Å². The summed E-state index contributed by atoms with van der Waals surface area (Å²) < 4.78 is 5.07. The number of ether oxygens (including phenoxy) is 1. The number of carbonyl (C=O) groups is 1. The minimum atomic E-state index is -0.163. The number of rotatable bonds is 6. The fourth-order valence-corrected chi connectivity index (χ4v) is 1.87. The number of para-hydroxylation sites is 1. The van der Waals surface area contributed by atoms with Gasteiger partial charge in [-0.15, -0.1) is 0 Å². The number of urea groups is 1. The third-order valence-electron chi connectivity index (χ3n) is 2.96. The van der Waals surface area contributed by atoms with Gasteiger partial charge in [0.15, 0.2) is 0 Å². The molecule has 1 heterocycles. The molecule has 0 aliphatic carbocycles. The number of hydrogen-bond acceptors (Lipinski definition) is 3. The van der Waals surface area contributed by atoms with Crippen LogP contribution in [0.25, 0.3) is 0 Å². The molecular weight excluding hydrogens is 266 g/mol. The first-order valence-electron chi connectivity index (χ1n) is 6.79. The van der Waals surface area contributed by atoms with E-state index in [9.17, 15) is 4.79 Å². The summed E-state index contributed by atoms with van der Waals surface area (Å²) in [6.45, 7) is 1.43. The summed E-state index contributed by atoms with van der Waals surface area (Å²) in [5, 5.41) is 2.87. The minimum Gasteiger partial charge on any atom is -0.383 e. The maximum Gasteiger partial charge on any atom is 0.322 e. The Morgan fingerprint density at radius 2 is 1.95 bits per heavy atom. The first-order valence-corrected chi connectivity index (χ1v) is 6.79. The van der Waals surface area contributed by atoms with Crippen molar-refractivity contribution in [3.63, 3.8) is 0 Å². The van der Waals surface area contributed by atoms with Crippen LogP contribution in [-0.2, 0) is 11.3 Å². The van der Waals surface area contributed by atoms with Gasteiger partial charge in [0.1, 0.15) is 0 Å². The van der Waals surface area contributed by atoms with Crippen molar-refractivity contribution in [1.29, 1.82) is 0 Å². The highest BCUT2D eigenvalue weighted by atomic mass is 16.5. The molecule has 0 spiro atoms. The number of anilines is 1. The summed E-state index contributed by atoms with van der Waals surface area (Å²) in [6.07, 6.45) is 1.72. The SMILES string of the molecule is COCCN(Cc1ccccn1)C(=O)Nc1ccccc1. The summed E-state index contributed by atoms with van der Waals surface area (Å²) >= 11 is 0. The Kier molecular flexibility index (Phi) is 5.72. The average molecular weight is 285 g/mol. The van der Waals surface area contributed by atoms with E-state index in [0.29, 0.717) is 19.7 Å². The number of benzene rings is 1. The van der Waals surface area contributed by atoms with Gasteiger partial charge in [0.2, 0.25) is 0 Å². The number of nitrogens with zero attached hydrogens (tertiary/aromatic N) is 2. The van der Waals surface area contributed by atoms with E-state index in [1.807, 2.05) is 48.5 Å². The molecule has 0 unspecified atom stereocenters. The number of nitrogens with one attached hydrogen (secondary N) is 1. The smallest absolute Gasteiger partial charge is 0.322 e. The lowest BCUT2D eigenvalue weighted by molar-refractivity contribution is 0.152. The van der Waals surface area contributed by atoms with Crippen molar-refractivity contribution in [2.75, 3.05) is 25.6 Å². The third-order valence-corrected chi connectivity index (χ3v) is 2.96. The summed E-state index contributed by atoms with van der Waals surface area (Å²) in [4.78, 5) is 18.3. The normalized spacial score (nSPS) is 10.1. The Morgan fingerprint density at radius 3 is 2.62 bits per heavy atom. The lowest BCUT2D eigenvalue weighted by Crippen LogP contribution is -2.37. The number of pyridine rings is 1. The molecule has 1 aromatic heterocycles. The molecule has 0 aliphatic rings. The predicted octanol–water partition coefficient (Wildman–Crippen LogP) is 2.76. The van der Waals surface area contributed by atoms with E-state index in [-0.39, 0.29) is 6.03 Å². The molecule has 2 rings (SSSR count). The maximum absolute atomic E-state index is 12.4. The Bertz CT molecular complexity index is 546. The van der Waals surface area contributed by atoms with Crippen molar-refractivity contribution < 1.29 is 9.53 Å². The van der Waals surface area contributed by atoms with E-state index < -0.39 is 0 Å². The van der Waals surface area contributed by atoms with Crippen LogP contribution >= 0.6 is 0 Å². The van der Waals surface area contributed by atoms with Gasteiger partial charge in [0, 0.05) is 25.5 Å². The van der Waals surface area contributed by atoms with E-state index in [4.69, 9.17) is 4.74 Å². The maximum atomic E-state index is 12.4. The standard InChI is InChI=1S/C16H19N3O2/c1-21-12-11-19(13-15-9-5-6-10-17-15)16(20)18-14-7-3-2-4-8-14/h2-10H,11-13H2,1H3,(H,18,20).